The summed E-state index contributed by atoms with van der Waals surface area (Å²) in [7, 11) is -3.74. The van der Waals surface area contributed by atoms with Gasteiger partial charge in [0, 0.05) is 16.5 Å². The summed E-state index contributed by atoms with van der Waals surface area (Å²) in [5.41, 5.74) is 5.25. The first-order valence-corrected chi connectivity index (χ1v) is 12.1. The second-order valence-electron chi connectivity index (χ2n) is 7.97. The average molecular weight is 438 g/mol. The fraction of sp³-hybridized carbons (Fsp3) is 0.0714. The molecule has 4 aromatic carbocycles. The first kappa shape index (κ1) is 20.3. The summed E-state index contributed by atoms with van der Waals surface area (Å²) in [5, 5.41) is 0.0636. The summed E-state index contributed by atoms with van der Waals surface area (Å²) < 4.78 is 28.3. The van der Waals surface area contributed by atoms with Crippen molar-refractivity contribution in [1.29, 1.82) is 0 Å². The van der Waals surface area contributed by atoms with Crippen molar-refractivity contribution < 1.29 is 8.42 Å². The van der Waals surface area contributed by atoms with E-state index in [1.54, 1.807) is 12.1 Å². The minimum atomic E-state index is -3.74. The lowest BCUT2D eigenvalue weighted by Crippen LogP contribution is -2.16. The molecule has 5 rings (SSSR count). The molecule has 0 radical (unpaired) electrons. The third kappa shape index (κ3) is 3.53. The summed E-state index contributed by atoms with van der Waals surface area (Å²) in [5.74, 6) is 0. The van der Waals surface area contributed by atoms with Gasteiger partial charge >= 0.3 is 0 Å². The molecule has 0 saturated heterocycles. The molecule has 0 spiro atoms. The standard InChI is InChI=1S/C28H23NO2S/c1-20-16-18-23(19-17-20)32(30,31)28(22-12-6-3-7-13-22)26-24-14-8-9-15-25(24)29-27(26)21-10-4-2-5-11-21/h2-19,28-29H,1H3/t28-/m0/s1. The number of fused-ring (bicyclic) bond motifs is 1. The smallest absolute Gasteiger partial charge is 0.189 e. The van der Waals surface area contributed by atoms with E-state index in [9.17, 15) is 8.42 Å². The molecule has 4 heteroatoms. The molecule has 0 saturated carbocycles. The zero-order valence-corrected chi connectivity index (χ0v) is 18.5. The molecule has 0 aliphatic rings. The predicted molar refractivity (Wildman–Crippen MR) is 130 cm³/mol. The summed E-state index contributed by atoms with van der Waals surface area (Å²) in [6, 6.07) is 34.4. The van der Waals surface area contributed by atoms with Gasteiger partial charge in [-0.1, -0.05) is 96.6 Å². The molecule has 1 aromatic heterocycles. The number of aryl methyl sites for hydroxylation is 1. The normalized spacial score (nSPS) is 12.7. The Bertz CT molecular complexity index is 1470. The highest BCUT2D eigenvalue weighted by Gasteiger charge is 2.35. The zero-order valence-electron chi connectivity index (χ0n) is 17.7. The molecule has 5 aromatic rings. The maximum absolute atomic E-state index is 14.2. The molecular weight excluding hydrogens is 414 g/mol. The third-order valence-electron chi connectivity index (χ3n) is 5.83. The Morgan fingerprint density at radius 1 is 0.688 bits per heavy atom. The van der Waals surface area contributed by atoms with Crippen LogP contribution in [-0.4, -0.2) is 13.4 Å². The number of hydrogen-bond donors (Lipinski definition) is 1. The topological polar surface area (TPSA) is 49.9 Å². The van der Waals surface area contributed by atoms with Crippen LogP contribution in [0.2, 0.25) is 0 Å². The molecule has 0 fully saturated rings. The van der Waals surface area contributed by atoms with Crippen molar-refractivity contribution in [3.63, 3.8) is 0 Å². The number of H-pyrrole nitrogens is 1. The minimum absolute atomic E-state index is 0.321. The van der Waals surface area contributed by atoms with Crippen LogP contribution in [0.3, 0.4) is 0 Å². The van der Waals surface area contributed by atoms with Gasteiger partial charge in [0.2, 0.25) is 0 Å². The van der Waals surface area contributed by atoms with Crippen LogP contribution >= 0.6 is 0 Å². The minimum Gasteiger partial charge on any atom is -0.354 e. The highest BCUT2D eigenvalue weighted by Crippen LogP contribution is 2.43. The average Bonchev–Trinajstić information content (AvgIpc) is 3.20. The van der Waals surface area contributed by atoms with Crippen LogP contribution in [-0.2, 0) is 9.84 Å². The van der Waals surface area contributed by atoms with Gasteiger partial charge in [-0.25, -0.2) is 8.42 Å². The molecule has 1 atom stereocenters. The molecule has 0 bridgehead atoms. The van der Waals surface area contributed by atoms with E-state index in [1.807, 2.05) is 104 Å². The second-order valence-corrected chi connectivity index (χ2v) is 10.0. The van der Waals surface area contributed by atoms with Crippen LogP contribution < -0.4 is 0 Å². The van der Waals surface area contributed by atoms with E-state index in [0.29, 0.717) is 4.90 Å². The van der Waals surface area contributed by atoms with E-state index in [0.717, 1.165) is 38.9 Å². The molecule has 3 nitrogen and oxygen atoms in total. The van der Waals surface area contributed by atoms with Gasteiger partial charge in [0.25, 0.3) is 0 Å². The van der Waals surface area contributed by atoms with Crippen molar-refractivity contribution >= 4 is 20.7 Å². The van der Waals surface area contributed by atoms with Crippen molar-refractivity contribution in [3.05, 3.63) is 126 Å². The van der Waals surface area contributed by atoms with Gasteiger partial charge in [-0.15, -0.1) is 0 Å². The molecule has 1 N–H and O–H groups in total. The quantitative estimate of drug-likeness (QED) is 0.332. The fourth-order valence-electron chi connectivity index (χ4n) is 4.26. The van der Waals surface area contributed by atoms with E-state index < -0.39 is 15.1 Å². The Morgan fingerprint density at radius 2 is 1.28 bits per heavy atom. The number of benzene rings is 4. The lowest BCUT2D eigenvalue weighted by molar-refractivity contribution is 0.589. The lowest BCUT2D eigenvalue weighted by atomic mass is 9.98. The van der Waals surface area contributed by atoms with Gasteiger partial charge in [-0.2, -0.15) is 0 Å². The number of aromatic nitrogens is 1. The van der Waals surface area contributed by atoms with E-state index in [4.69, 9.17) is 0 Å². The van der Waals surface area contributed by atoms with Gasteiger partial charge in [0.05, 0.1) is 10.6 Å². The maximum atomic E-state index is 14.2. The van der Waals surface area contributed by atoms with Crippen LogP contribution in [0, 0.1) is 6.92 Å². The van der Waals surface area contributed by atoms with Crippen molar-refractivity contribution in [2.45, 2.75) is 17.1 Å². The lowest BCUT2D eigenvalue weighted by Gasteiger charge is -2.20. The number of hydrogen-bond acceptors (Lipinski definition) is 2. The Morgan fingerprint density at radius 3 is 1.97 bits per heavy atom. The van der Waals surface area contributed by atoms with Gasteiger partial charge in [-0.3, -0.25) is 0 Å². The number of nitrogens with one attached hydrogen (secondary N) is 1. The van der Waals surface area contributed by atoms with Crippen molar-refractivity contribution in [2.24, 2.45) is 0 Å². The highest BCUT2D eigenvalue weighted by atomic mass is 32.2. The van der Waals surface area contributed by atoms with Crippen molar-refractivity contribution in [1.82, 2.24) is 4.98 Å². The summed E-state index contributed by atoms with van der Waals surface area (Å²) >= 11 is 0. The van der Waals surface area contributed by atoms with Gasteiger partial charge in [0.15, 0.2) is 9.84 Å². The molecule has 0 aliphatic carbocycles. The van der Waals surface area contributed by atoms with Gasteiger partial charge < -0.3 is 4.98 Å². The second kappa shape index (κ2) is 8.13. The van der Waals surface area contributed by atoms with E-state index >= 15 is 0 Å². The number of para-hydroxylation sites is 1. The van der Waals surface area contributed by atoms with Crippen LogP contribution in [0.15, 0.2) is 114 Å². The van der Waals surface area contributed by atoms with E-state index in [1.165, 1.54) is 0 Å². The van der Waals surface area contributed by atoms with E-state index in [2.05, 4.69) is 4.98 Å². The van der Waals surface area contributed by atoms with Crippen LogP contribution in [0.1, 0.15) is 21.9 Å². The van der Waals surface area contributed by atoms with Gasteiger partial charge in [0.1, 0.15) is 5.25 Å². The summed E-state index contributed by atoms with van der Waals surface area (Å²) in [6.45, 7) is 1.96. The first-order chi connectivity index (χ1) is 15.6. The number of rotatable bonds is 5. The molecule has 0 unspecified atom stereocenters. The monoisotopic (exact) mass is 437 g/mol. The largest absolute Gasteiger partial charge is 0.354 e. The number of sulfone groups is 1. The fourth-order valence-corrected chi connectivity index (χ4v) is 6.12. The van der Waals surface area contributed by atoms with Crippen LogP contribution in [0.25, 0.3) is 22.2 Å². The first-order valence-electron chi connectivity index (χ1n) is 10.6. The summed E-state index contributed by atoms with van der Waals surface area (Å²) in [4.78, 5) is 3.82. The Hall–Kier alpha value is -3.63. The third-order valence-corrected chi connectivity index (χ3v) is 7.89. The molecule has 0 aliphatic heterocycles. The van der Waals surface area contributed by atoms with Crippen molar-refractivity contribution in [2.75, 3.05) is 0 Å². The molecular formula is C28H23NO2S. The SMILES string of the molecule is Cc1ccc(S(=O)(=O)[C@@H](c2ccccc2)c2c(-c3ccccc3)[nH]c3ccccc23)cc1. The number of aromatic amines is 1. The van der Waals surface area contributed by atoms with Crippen LogP contribution in [0.5, 0.6) is 0 Å². The molecule has 32 heavy (non-hydrogen) atoms. The van der Waals surface area contributed by atoms with Crippen LogP contribution in [0.4, 0.5) is 0 Å². The van der Waals surface area contributed by atoms with Gasteiger partial charge in [-0.05, 0) is 36.2 Å². The Balaban J connectivity index is 1.85. The Labute approximate surface area is 188 Å². The van der Waals surface area contributed by atoms with E-state index in [-0.39, 0.29) is 0 Å². The zero-order chi connectivity index (χ0) is 22.1. The highest BCUT2D eigenvalue weighted by molar-refractivity contribution is 7.92. The Kier molecular flexibility index (Phi) is 5.16. The molecule has 1 heterocycles. The maximum Gasteiger partial charge on any atom is 0.189 e. The molecule has 158 valence electrons. The van der Waals surface area contributed by atoms with Crippen molar-refractivity contribution in [3.8, 4) is 11.3 Å². The predicted octanol–water partition coefficient (Wildman–Crippen LogP) is 6.71. The summed E-state index contributed by atoms with van der Waals surface area (Å²) in [6.07, 6.45) is 0. The molecule has 0 amide bonds.